The van der Waals surface area contributed by atoms with Crippen LogP contribution < -0.4 is 10.0 Å². The van der Waals surface area contributed by atoms with Crippen molar-refractivity contribution in [3.05, 3.63) is 24.3 Å². The maximum Gasteiger partial charge on any atom is 0.241 e. The molecule has 1 aromatic rings. The molecule has 1 heterocycles. The second-order valence-corrected chi connectivity index (χ2v) is 8.66. The van der Waals surface area contributed by atoms with Crippen LogP contribution in [0.25, 0.3) is 0 Å². The molecule has 9 heteroatoms. The summed E-state index contributed by atoms with van der Waals surface area (Å²) in [6.07, 6.45) is 0.402. The molecule has 2 N–H and O–H groups in total. The van der Waals surface area contributed by atoms with Gasteiger partial charge in [-0.25, -0.2) is 8.42 Å². The molecule has 150 valence electrons. The summed E-state index contributed by atoms with van der Waals surface area (Å²) in [7, 11) is -3.88. The molecular weight excluding hydrogens is 370 g/mol. The highest BCUT2D eigenvalue weighted by molar-refractivity contribution is 7.89. The summed E-state index contributed by atoms with van der Waals surface area (Å²) < 4.78 is 33.3. The molecule has 0 aromatic heterocycles. The smallest absolute Gasteiger partial charge is 0.241 e. The predicted molar refractivity (Wildman–Crippen MR) is 102 cm³/mol. The van der Waals surface area contributed by atoms with Crippen LogP contribution in [0, 0.1) is 5.92 Å². The van der Waals surface area contributed by atoms with Crippen LogP contribution in [-0.2, 0) is 24.3 Å². The van der Waals surface area contributed by atoms with Crippen molar-refractivity contribution in [3.63, 3.8) is 0 Å². The van der Waals surface area contributed by atoms with E-state index in [-0.39, 0.29) is 22.6 Å². The summed E-state index contributed by atoms with van der Waals surface area (Å²) in [5, 5.41) is 2.58. The van der Waals surface area contributed by atoms with Gasteiger partial charge in [-0.05, 0) is 36.6 Å². The largest absolute Gasteiger partial charge is 0.378 e. The van der Waals surface area contributed by atoms with Crippen molar-refractivity contribution in [3.8, 4) is 0 Å². The van der Waals surface area contributed by atoms with Crippen molar-refractivity contribution in [1.82, 2.24) is 9.62 Å². The third kappa shape index (κ3) is 6.30. The Labute approximate surface area is 160 Å². The molecule has 0 saturated carbocycles. The van der Waals surface area contributed by atoms with Crippen LogP contribution in [0.1, 0.15) is 27.2 Å². The normalized spacial score (nSPS) is 16.2. The molecule has 0 spiro atoms. The minimum Gasteiger partial charge on any atom is -0.378 e. The predicted octanol–water partition coefficient (Wildman–Crippen LogP) is 1.20. The van der Waals surface area contributed by atoms with E-state index in [9.17, 15) is 18.0 Å². The van der Waals surface area contributed by atoms with Gasteiger partial charge in [-0.15, -0.1) is 0 Å². The monoisotopic (exact) mass is 397 g/mol. The first-order chi connectivity index (χ1) is 12.7. The van der Waals surface area contributed by atoms with E-state index in [1.165, 1.54) is 31.2 Å². The van der Waals surface area contributed by atoms with E-state index >= 15 is 0 Å². The molecule has 8 nitrogen and oxygen atoms in total. The number of nitrogens with zero attached hydrogens (tertiary/aromatic N) is 1. The molecule has 1 atom stereocenters. The van der Waals surface area contributed by atoms with Crippen molar-refractivity contribution >= 4 is 27.5 Å². The molecule has 1 saturated heterocycles. The Morgan fingerprint density at radius 3 is 2.26 bits per heavy atom. The average molecular weight is 397 g/mol. The topological polar surface area (TPSA) is 105 Å². The van der Waals surface area contributed by atoms with Gasteiger partial charge in [-0.3, -0.25) is 9.59 Å². The SMILES string of the molecule is CC(=O)Nc1ccc(S(=O)(=O)N[C@@H](CC(C)C)C(=O)N2CCOCC2)cc1. The number of rotatable bonds is 7. The lowest BCUT2D eigenvalue weighted by Crippen LogP contribution is -2.52. The fourth-order valence-corrected chi connectivity index (χ4v) is 4.05. The van der Waals surface area contributed by atoms with E-state index in [0.29, 0.717) is 38.4 Å². The summed E-state index contributed by atoms with van der Waals surface area (Å²) in [5.74, 6) is -0.327. The van der Waals surface area contributed by atoms with Crippen molar-refractivity contribution < 1.29 is 22.7 Å². The van der Waals surface area contributed by atoms with Gasteiger partial charge in [0.2, 0.25) is 21.8 Å². The third-order valence-electron chi connectivity index (χ3n) is 4.11. The van der Waals surface area contributed by atoms with Crippen LogP contribution >= 0.6 is 0 Å². The van der Waals surface area contributed by atoms with E-state index in [1.807, 2.05) is 13.8 Å². The molecule has 2 amide bonds. The van der Waals surface area contributed by atoms with Crippen LogP contribution in [0.5, 0.6) is 0 Å². The van der Waals surface area contributed by atoms with Crippen LogP contribution in [0.2, 0.25) is 0 Å². The highest BCUT2D eigenvalue weighted by Gasteiger charge is 2.30. The number of anilines is 1. The van der Waals surface area contributed by atoms with Gasteiger partial charge in [0, 0.05) is 25.7 Å². The van der Waals surface area contributed by atoms with Crippen molar-refractivity contribution in [2.24, 2.45) is 5.92 Å². The zero-order valence-electron chi connectivity index (χ0n) is 15.9. The number of ether oxygens (including phenoxy) is 1. The first-order valence-corrected chi connectivity index (χ1v) is 10.4. The van der Waals surface area contributed by atoms with Gasteiger partial charge >= 0.3 is 0 Å². The van der Waals surface area contributed by atoms with Crippen molar-refractivity contribution in [1.29, 1.82) is 0 Å². The van der Waals surface area contributed by atoms with Gasteiger partial charge < -0.3 is 15.0 Å². The van der Waals surface area contributed by atoms with Gasteiger partial charge in [0.05, 0.1) is 18.1 Å². The average Bonchev–Trinajstić information content (AvgIpc) is 2.60. The summed E-state index contributed by atoms with van der Waals surface area (Å²) in [5.41, 5.74) is 0.504. The maximum absolute atomic E-state index is 12.8. The number of nitrogens with one attached hydrogen (secondary N) is 2. The zero-order chi connectivity index (χ0) is 20.0. The van der Waals surface area contributed by atoms with E-state index < -0.39 is 16.1 Å². The van der Waals surface area contributed by atoms with Crippen LogP contribution in [0.15, 0.2) is 29.2 Å². The van der Waals surface area contributed by atoms with E-state index in [1.54, 1.807) is 4.90 Å². The standard InChI is InChI=1S/C18H27N3O5S/c1-13(2)12-17(18(23)21-8-10-26-11-9-21)20-27(24,25)16-6-4-15(5-7-16)19-14(3)22/h4-7,13,17,20H,8-12H2,1-3H3,(H,19,22)/t17-/m0/s1. The molecular formula is C18H27N3O5S. The Kier molecular flexibility index (Phi) is 7.34. The number of hydrogen-bond acceptors (Lipinski definition) is 5. The molecule has 0 aliphatic carbocycles. The molecule has 0 unspecified atom stereocenters. The maximum atomic E-state index is 12.8. The van der Waals surface area contributed by atoms with Gasteiger partial charge in [-0.2, -0.15) is 4.72 Å². The summed E-state index contributed by atoms with van der Waals surface area (Å²) in [4.78, 5) is 25.6. The van der Waals surface area contributed by atoms with Gasteiger partial charge in [0.1, 0.15) is 6.04 Å². The van der Waals surface area contributed by atoms with E-state index in [4.69, 9.17) is 4.74 Å². The first-order valence-electron chi connectivity index (χ1n) is 8.95. The van der Waals surface area contributed by atoms with E-state index in [0.717, 1.165) is 0 Å². The fourth-order valence-electron chi connectivity index (χ4n) is 2.85. The van der Waals surface area contributed by atoms with Gasteiger partial charge in [-0.1, -0.05) is 13.8 Å². The minimum absolute atomic E-state index is 0.0418. The van der Waals surface area contributed by atoms with Crippen LogP contribution in [-0.4, -0.2) is 57.5 Å². The molecule has 1 aliphatic heterocycles. The molecule has 2 rings (SSSR count). The fraction of sp³-hybridized carbons (Fsp3) is 0.556. The Bertz CT molecular complexity index is 756. The minimum atomic E-state index is -3.88. The Balaban J connectivity index is 2.16. The van der Waals surface area contributed by atoms with Gasteiger partial charge in [0.15, 0.2) is 0 Å². The number of amides is 2. The number of carbonyl (C=O) groups excluding carboxylic acids is 2. The Morgan fingerprint density at radius 2 is 1.74 bits per heavy atom. The second-order valence-electron chi connectivity index (χ2n) is 6.95. The summed E-state index contributed by atoms with van der Waals surface area (Å²) >= 11 is 0. The molecule has 0 bridgehead atoms. The summed E-state index contributed by atoms with van der Waals surface area (Å²) in [6.45, 7) is 7.09. The Hall–Kier alpha value is -1.97. The molecule has 1 aliphatic rings. The number of benzene rings is 1. The number of sulfonamides is 1. The number of carbonyl (C=O) groups is 2. The summed E-state index contributed by atoms with van der Waals surface area (Å²) in [6, 6.07) is 5.00. The first kappa shape index (κ1) is 21.3. The zero-order valence-corrected chi connectivity index (χ0v) is 16.7. The Morgan fingerprint density at radius 1 is 1.15 bits per heavy atom. The van der Waals surface area contributed by atoms with Gasteiger partial charge in [0.25, 0.3) is 0 Å². The molecule has 1 fully saturated rings. The number of hydrogen-bond donors (Lipinski definition) is 2. The highest BCUT2D eigenvalue weighted by Crippen LogP contribution is 2.17. The van der Waals surface area contributed by atoms with E-state index in [2.05, 4.69) is 10.0 Å². The molecule has 27 heavy (non-hydrogen) atoms. The molecule has 0 radical (unpaired) electrons. The highest BCUT2D eigenvalue weighted by atomic mass is 32.2. The lowest BCUT2D eigenvalue weighted by molar-refractivity contribution is -0.137. The molecule has 1 aromatic carbocycles. The van der Waals surface area contributed by atoms with Crippen LogP contribution in [0.3, 0.4) is 0 Å². The van der Waals surface area contributed by atoms with Crippen molar-refractivity contribution in [2.45, 2.75) is 38.1 Å². The van der Waals surface area contributed by atoms with Crippen molar-refractivity contribution in [2.75, 3.05) is 31.6 Å². The lowest BCUT2D eigenvalue weighted by Gasteiger charge is -2.31. The lowest BCUT2D eigenvalue weighted by atomic mass is 10.0. The second kappa shape index (κ2) is 9.29. The number of morpholine rings is 1. The third-order valence-corrected chi connectivity index (χ3v) is 5.60. The quantitative estimate of drug-likeness (QED) is 0.719. The van der Waals surface area contributed by atoms with Crippen LogP contribution in [0.4, 0.5) is 5.69 Å².